The van der Waals surface area contributed by atoms with E-state index < -0.39 is 11.8 Å². The van der Waals surface area contributed by atoms with Crippen LogP contribution in [0.25, 0.3) is 0 Å². The van der Waals surface area contributed by atoms with Gasteiger partial charge in [-0.2, -0.15) is 0 Å². The van der Waals surface area contributed by atoms with Crippen molar-refractivity contribution in [1.29, 1.82) is 0 Å². The van der Waals surface area contributed by atoms with Gasteiger partial charge in [-0.25, -0.2) is 0 Å². The van der Waals surface area contributed by atoms with Gasteiger partial charge in [-0.3, -0.25) is 25.8 Å². The number of carbonyl (C=O) groups excluding carboxylic acids is 2. The first-order valence-corrected chi connectivity index (χ1v) is 10.5. The van der Waals surface area contributed by atoms with E-state index in [-0.39, 0.29) is 18.3 Å². The number of amides is 2. The Balaban J connectivity index is 1.70. The first-order chi connectivity index (χ1) is 14.3. The monoisotopic (exact) mass is 493 g/mol. The number of carbonyl (C=O) groups is 2. The molecule has 0 spiro atoms. The summed E-state index contributed by atoms with van der Waals surface area (Å²) in [5, 5.41) is 2.38. The number of hydrazine groups is 1. The van der Waals surface area contributed by atoms with E-state index in [4.69, 9.17) is 21.7 Å². The number of halogens is 1. The minimum absolute atomic E-state index is 0.0496. The lowest BCUT2D eigenvalue weighted by molar-refractivity contribution is -0.124. The van der Waals surface area contributed by atoms with Crippen LogP contribution in [-0.4, -0.2) is 30.1 Å². The molecule has 0 bridgehead atoms. The standard InChI is InChI=1S/C21H24BrN3O4S/c1-4-15-7-8-17(16(22)10-15)28-12-20(27)24-25-21(30)23-19(26)11-29-18-9-13(2)5-6-14(18)3/h5-10H,4,11-12H2,1-3H3,(H,24,27)(H2,23,25,26,30). The lowest BCUT2D eigenvalue weighted by Gasteiger charge is -2.13. The van der Waals surface area contributed by atoms with Crippen LogP contribution in [0.3, 0.4) is 0 Å². The molecule has 0 aliphatic rings. The first kappa shape index (κ1) is 23.6. The molecule has 0 aromatic heterocycles. The zero-order valence-electron chi connectivity index (χ0n) is 17.0. The Kier molecular flexibility index (Phi) is 9.07. The second-order valence-electron chi connectivity index (χ2n) is 6.52. The summed E-state index contributed by atoms with van der Waals surface area (Å²) in [6, 6.07) is 11.4. The summed E-state index contributed by atoms with van der Waals surface area (Å²) in [6.45, 7) is 5.47. The molecule has 0 fully saturated rings. The normalized spacial score (nSPS) is 10.1. The van der Waals surface area contributed by atoms with Crippen molar-refractivity contribution in [2.75, 3.05) is 13.2 Å². The Morgan fingerprint density at radius 1 is 0.967 bits per heavy atom. The van der Waals surface area contributed by atoms with Gasteiger partial charge >= 0.3 is 0 Å². The number of thiocarbonyl (C=S) groups is 1. The number of rotatable bonds is 7. The smallest absolute Gasteiger partial charge is 0.276 e. The lowest BCUT2D eigenvalue weighted by Crippen LogP contribution is -2.50. The van der Waals surface area contributed by atoms with E-state index >= 15 is 0 Å². The van der Waals surface area contributed by atoms with Crippen LogP contribution in [-0.2, 0) is 16.0 Å². The summed E-state index contributed by atoms with van der Waals surface area (Å²) in [7, 11) is 0. The fraction of sp³-hybridized carbons (Fsp3) is 0.286. The van der Waals surface area contributed by atoms with Crippen molar-refractivity contribution in [1.82, 2.24) is 16.2 Å². The average Bonchev–Trinajstić information content (AvgIpc) is 2.71. The molecule has 2 aromatic carbocycles. The molecule has 0 aliphatic carbocycles. The van der Waals surface area contributed by atoms with E-state index in [0.29, 0.717) is 11.5 Å². The van der Waals surface area contributed by atoms with E-state index in [1.807, 2.05) is 44.2 Å². The van der Waals surface area contributed by atoms with E-state index in [1.165, 1.54) is 0 Å². The molecule has 30 heavy (non-hydrogen) atoms. The number of aryl methyl sites for hydroxylation is 3. The van der Waals surface area contributed by atoms with Gasteiger partial charge in [-0.05, 0) is 83.3 Å². The van der Waals surface area contributed by atoms with Crippen LogP contribution >= 0.6 is 28.1 Å². The Bertz CT molecular complexity index is 936. The third-order valence-corrected chi connectivity index (χ3v) is 4.86. The lowest BCUT2D eigenvalue weighted by atomic mass is 10.1. The van der Waals surface area contributed by atoms with Crippen LogP contribution in [0, 0.1) is 13.8 Å². The zero-order chi connectivity index (χ0) is 22.1. The van der Waals surface area contributed by atoms with E-state index in [2.05, 4.69) is 39.0 Å². The molecule has 0 radical (unpaired) electrons. The summed E-state index contributed by atoms with van der Waals surface area (Å²) in [5.41, 5.74) is 7.94. The zero-order valence-corrected chi connectivity index (χ0v) is 19.4. The molecule has 0 unspecified atom stereocenters. The summed E-state index contributed by atoms with van der Waals surface area (Å²) in [6.07, 6.45) is 0.905. The van der Waals surface area contributed by atoms with Gasteiger partial charge in [-0.15, -0.1) is 0 Å². The van der Waals surface area contributed by atoms with Crippen LogP contribution in [0.4, 0.5) is 0 Å². The van der Waals surface area contributed by atoms with Crippen molar-refractivity contribution in [2.45, 2.75) is 27.2 Å². The Hall–Kier alpha value is -2.65. The van der Waals surface area contributed by atoms with Crippen molar-refractivity contribution >= 4 is 45.1 Å². The van der Waals surface area contributed by atoms with Gasteiger partial charge in [0, 0.05) is 0 Å². The molecule has 9 heteroatoms. The van der Waals surface area contributed by atoms with Gasteiger partial charge in [0.25, 0.3) is 11.8 Å². The van der Waals surface area contributed by atoms with Crippen molar-refractivity contribution in [3.05, 3.63) is 57.6 Å². The number of ether oxygens (including phenoxy) is 2. The molecule has 0 aliphatic heterocycles. The summed E-state index contributed by atoms with van der Waals surface area (Å²) in [5.74, 6) is 0.290. The molecule has 2 aromatic rings. The number of hydrogen-bond donors (Lipinski definition) is 3. The maximum Gasteiger partial charge on any atom is 0.276 e. The van der Waals surface area contributed by atoms with E-state index in [0.717, 1.165) is 27.6 Å². The molecule has 0 saturated carbocycles. The summed E-state index contributed by atoms with van der Waals surface area (Å²) < 4.78 is 11.8. The Morgan fingerprint density at radius 3 is 2.37 bits per heavy atom. The predicted octanol–water partition coefficient (Wildman–Crippen LogP) is 3.11. The van der Waals surface area contributed by atoms with Crippen molar-refractivity contribution < 1.29 is 19.1 Å². The number of benzene rings is 2. The first-order valence-electron chi connectivity index (χ1n) is 9.28. The topological polar surface area (TPSA) is 88.7 Å². The van der Waals surface area contributed by atoms with Gasteiger partial charge in [0.15, 0.2) is 18.3 Å². The molecule has 3 N–H and O–H groups in total. The van der Waals surface area contributed by atoms with Gasteiger partial charge < -0.3 is 9.47 Å². The third-order valence-electron chi connectivity index (χ3n) is 4.03. The van der Waals surface area contributed by atoms with Crippen molar-refractivity contribution in [3.63, 3.8) is 0 Å². The molecule has 2 amide bonds. The SMILES string of the molecule is CCc1ccc(OCC(=O)NNC(=S)NC(=O)COc2cc(C)ccc2C)c(Br)c1. The number of hydrogen-bond acceptors (Lipinski definition) is 5. The van der Waals surface area contributed by atoms with E-state index in [9.17, 15) is 9.59 Å². The summed E-state index contributed by atoms with van der Waals surface area (Å²) in [4.78, 5) is 23.9. The largest absolute Gasteiger partial charge is 0.483 e. The number of nitrogens with one attached hydrogen (secondary N) is 3. The van der Waals surface area contributed by atoms with Crippen LogP contribution in [0.15, 0.2) is 40.9 Å². The van der Waals surface area contributed by atoms with Crippen molar-refractivity contribution in [3.8, 4) is 11.5 Å². The van der Waals surface area contributed by atoms with Crippen LogP contribution < -0.4 is 25.6 Å². The second-order valence-corrected chi connectivity index (χ2v) is 7.78. The van der Waals surface area contributed by atoms with Crippen LogP contribution in [0.1, 0.15) is 23.6 Å². The molecule has 2 rings (SSSR count). The second kappa shape index (κ2) is 11.5. The maximum atomic E-state index is 12.0. The van der Waals surface area contributed by atoms with E-state index in [1.54, 1.807) is 6.07 Å². The third kappa shape index (κ3) is 7.64. The molecule has 0 heterocycles. The van der Waals surface area contributed by atoms with Gasteiger partial charge in [0.1, 0.15) is 11.5 Å². The minimum atomic E-state index is -0.454. The van der Waals surface area contributed by atoms with Gasteiger partial charge in [0.05, 0.1) is 4.47 Å². The van der Waals surface area contributed by atoms with Crippen LogP contribution in [0.5, 0.6) is 11.5 Å². The highest BCUT2D eigenvalue weighted by molar-refractivity contribution is 9.10. The summed E-state index contributed by atoms with van der Waals surface area (Å²) >= 11 is 8.41. The minimum Gasteiger partial charge on any atom is -0.483 e. The Morgan fingerprint density at radius 2 is 1.67 bits per heavy atom. The Labute approximate surface area is 189 Å². The average molecular weight is 494 g/mol. The highest BCUT2D eigenvalue weighted by Gasteiger charge is 2.10. The molecule has 0 atom stereocenters. The highest BCUT2D eigenvalue weighted by atomic mass is 79.9. The molecular weight excluding hydrogens is 470 g/mol. The van der Waals surface area contributed by atoms with Crippen molar-refractivity contribution in [2.24, 2.45) is 0 Å². The fourth-order valence-corrected chi connectivity index (χ4v) is 3.09. The highest BCUT2D eigenvalue weighted by Crippen LogP contribution is 2.26. The van der Waals surface area contributed by atoms with Crippen LogP contribution in [0.2, 0.25) is 0 Å². The fourth-order valence-electron chi connectivity index (χ4n) is 2.39. The predicted molar refractivity (Wildman–Crippen MR) is 122 cm³/mol. The quantitative estimate of drug-likeness (QED) is 0.405. The molecule has 160 valence electrons. The maximum absolute atomic E-state index is 12.0. The molecule has 7 nitrogen and oxygen atoms in total. The molecule has 0 saturated heterocycles. The molecular formula is C21H24BrN3O4S. The van der Waals surface area contributed by atoms with Gasteiger partial charge in [-0.1, -0.05) is 25.1 Å². The van der Waals surface area contributed by atoms with Gasteiger partial charge in [0.2, 0.25) is 0 Å².